The number of amides is 3. The van der Waals surface area contributed by atoms with Crippen LogP contribution >= 0.6 is 11.6 Å². The summed E-state index contributed by atoms with van der Waals surface area (Å²) in [5, 5.41) is 3.15. The summed E-state index contributed by atoms with van der Waals surface area (Å²) in [7, 11) is 0. The van der Waals surface area contributed by atoms with E-state index in [1.54, 1.807) is 30.3 Å². The van der Waals surface area contributed by atoms with Crippen LogP contribution in [0.25, 0.3) is 0 Å². The number of esters is 1. The number of nitrogens with one attached hydrogen (secondary N) is 1. The minimum absolute atomic E-state index is 0.185. The molecule has 1 heterocycles. The zero-order valence-electron chi connectivity index (χ0n) is 20.9. The van der Waals surface area contributed by atoms with Gasteiger partial charge in [0.05, 0.1) is 23.1 Å². The van der Waals surface area contributed by atoms with Gasteiger partial charge in [-0.25, -0.2) is 4.79 Å². The topological polar surface area (TPSA) is 92.8 Å². The molecule has 0 spiro atoms. The molecule has 1 aliphatic heterocycles. The second-order valence-corrected chi connectivity index (χ2v) is 10.2. The average Bonchev–Trinajstić information content (AvgIpc) is 3.19. The molecule has 38 heavy (non-hydrogen) atoms. The molecule has 0 radical (unpaired) electrons. The summed E-state index contributed by atoms with van der Waals surface area (Å²) in [6.07, 6.45) is 2.19. The summed E-state index contributed by atoms with van der Waals surface area (Å²) in [4.78, 5) is 52.4. The Morgan fingerprint density at radius 3 is 2.39 bits per heavy atom. The Labute approximate surface area is 225 Å². The molecule has 3 aromatic rings. The van der Waals surface area contributed by atoms with Gasteiger partial charge in [-0.15, -0.1) is 0 Å². The maximum Gasteiger partial charge on any atom is 0.338 e. The van der Waals surface area contributed by atoms with Gasteiger partial charge in [-0.2, -0.15) is 0 Å². The molecule has 8 heteroatoms. The minimum Gasteiger partial charge on any atom is -0.452 e. The van der Waals surface area contributed by atoms with E-state index >= 15 is 0 Å². The summed E-state index contributed by atoms with van der Waals surface area (Å²) in [5.74, 6) is -1.95. The SMILES string of the molecule is Cc1ccc(Cl)cc1NC(=O)COC(=O)c1ccc(N2C(=O)[C@@H]3CC[C@H](c4ccccc4)C[C@H]3C2=O)cc1. The van der Waals surface area contributed by atoms with Crippen LogP contribution < -0.4 is 10.2 Å². The molecule has 1 saturated carbocycles. The van der Waals surface area contributed by atoms with E-state index < -0.39 is 18.5 Å². The van der Waals surface area contributed by atoms with Gasteiger partial charge in [0.15, 0.2) is 6.61 Å². The van der Waals surface area contributed by atoms with Crippen LogP contribution in [-0.2, 0) is 19.1 Å². The minimum atomic E-state index is -0.687. The van der Waals surface area contributed by atoms with Crippen LogP contribution in [-0.4, -0.2) is 30.3 Å². The maximum absolute atomic E-state index is 13.3. The molecule has 2 fully saturated rings. The zero-order valence-corrected chi connectivity index (χ0v) is 21.6. The number of rotatable bonds is 6. The van der Waals surface area contributed by atoms with Crippen molar-refractivity contribution in [3.63, 3.8) is 0 Å². The quantitative estimate of drug-likeness (QED) is 0.335. The van der Waals surface area contributed by atoms with Gasteiger partial charge in [0.2, 0.25) is 11.8 Å². The summed E-state index contributed by atoms with van der Waals surface area (Å²) >= 11 is 5.97. The van der Waals surface area contributed by atoms with E-state index in [1.165, 1.54) is 22.6 Å². The number of halogens is 1. The van der Waals surface area contributed by atoms with Crippen LogP contribution in [0.15, 0.2) is 72.8 Å². The Morgan fingerprint density at radius 1 is 0.947 bits per heavy atom. The van der Waals surface area contributed by atoms with E-state index in [0.29, 0.717) is 29.2 Å². The highest BCUT2D eigenvalue weighted by Crippen LogP contribution is 2.45. The molecule has 194 valence electrons. The summed E-state index contributed by atoms with van der Waals surface area (Å²) in [5.41, 5.74) is 3.20. The van der Waals surface area contributed by atoms with Crippen LogP contribution in [0.5, 0.6) is 0 Å². The van der Waals surface area contributed by atoms with Gasteiger partial charge in [0, 0.05) is 10.7 Å². The molecule has 3 atom stereocenters. The molecule has 3 amide bonds. The average molecular weight is 531 g/mol. The maximum atomic E-state index is 13.3. The normalized spacial score (nSPS) is 20.7. The highest BCUT2D eigenvalue weighted by molar-refractivity contribution is 6.31. The number of ether oxygens (including phenoxy) is 1. The van der Waals surface area contributed by atoms with Crippen molar-refractivity contribution in [1.82, 2.24) is 0 Å². The summed E-state index contributed by atoms with van der Waals surface area (Å²) in [6.45, 7) is 1.35. The van der Waals surface area contributed by atoms with Crippen molar-refractivity contribution >= 4 is 46.7 Å². The third-order valence-electron chi connectivity index (χ3n) is 7.37. The first-order valence-electron chi connectivity index (χ1n) is 12.6. The van der Waals surface area contributed by atoms with Crippen molar-refractivity contribution in [3.05, 3.63) is 94.5 Å². The molecular formula is C30H27ClN2O5. The fraction of sp³-hybridized carbons (Fsp3) is 0.267. The molecule has 1 aliphatic carbocycles. The Bertz CT molecular complexity index is 1390. The van der Waals surface area contributed by atoms with Crippen LogP contribution in [0, 0.1) is 18.8 Å². The van der Waals surface area contributed by atoms with Crippen molar-refractivity contribution in [2.24, 2.45) is 11.8 Å². The number of hydrogen-bond donors (Lipinski definition) is 1. The molecular weight excluding hydrogens is 504 g/mol. The standard InChI is InChI=1S/C30H27ClN2O5/c1-18-7-11-22(31)16-26(18)32-27(34)17-38-30(37)20-8-12-23(13-9-20)33-28(35)24-14-10-21(15-25(24)29(33)36)19-5-3-2-4-6-19/h2-9,11-13,16,21,24-25H,10,14-15,17H2,1H3,(H,32,34)/t21-,24+,25+/m0/s1. The zero-order chi connectivity index (χ0) is 26.8. The van der Waals surface area contributed by atoms with Crippen LogP contribution in [0.4, 0.5) is 11.4 Å². The number of nitrogens with zero attached hydrogens (tertiary/aromatic N) is 1. The second-order valence-electron chi connectivity index (χ2n) is 9.78. The van der Waals surface area contributed by atoms with Gasteiger partial charge in [0.25, 0.3) is 5.91 Å². The first-order chi connectivity index (χ1) is 18.3. The van der Waals surface area contributed by atoms with Gasteiger partial charge in [-0.3, -0.25) is 19.3 Å². The first kappa shape index (κ1) is 25.7. The van der Waals surface area contributed by atoms with Crippen molar-refractivity contribution in [2.45, 2.75) is 32.1 Å². The number of carbonyl (C=O) groups is 4. The molecule has 1 saturated heterocycles. The number of fused-ring (bicyclic) bond motifs is 1. The first-order valence-corrected chi connectivity index (χ1v) is 13.0. The monoisotopic (exact) mass is 530 g/mol. The fourth-order valence-electron chi connectivity index (χ4n) is 5.34. The number of anilines is 2. The summed E-state index contributed by atoms with van der Waals surface area (Å²) in [6, 6.07) is 21.3. The lowest BCUT2D eigenvalue weighted by Crippen LogP contribution is -2.30. The van der Waals surface area contributed by atoms with E-state index in [1.807, 2.05) is 25.1 Å². The van der Waals surface area contributed by atoms with E-state index in [9.17, 15) is 19.2 Å². The van der Waals surface area contributed by atoms with Crippen molar-refractivity contribution in [1.29, 1.82) is 0 Å². The predicted octanol–water partition coefficient (Wildman–Crippen LogP) is 5.52. The smallest absolute Gasteiger partial charge is 0.338 e. The highest BCUT2D eigenvalue weighted by atomic mass is 35.5. The lowest BCUT2D eigenvalue weighted by Gasteiger charge is -2.28. The van der Waals surface area contributed by atoms with E-state index in [4.69, 9.17) is 16.3 Å². The molecule has 0 aromatic heterocycles. The van der Waals surface area contributed by atoms with Gasteiger partial charge < -0.3 is 10.1 Å². The van der Waals surface area contributed by atoms with Crippen molar-refractivity contribution in [3.8, 4) is 0 Å². The highest BCUT2D eigenvalue weighted by Gasteiger charge is 2.50. The molecule has 5 rings (SSSR count). The molecule has 0 unspecified atom stereocenters. The van der Waals surface area contributed by atoms with Gasteiger partial charge in [-0.05, 0) is 79.6 Å². The van der Waals surface area contributed by atoms with Crippen molar-refractivity contribution < 1.29 is 23.9 Å². The molecule has 7 nitrogen and oxygen atoms in total. The van der Waals surface area contributed by atoms with Gasteiger partial charge >= 0.3 is 5.97 Å². The number of hydrogen-bond acceptors (Lipinski definition) is 5. The van der Waals surface area contributed by atoms with Crippen LogP contribution in [0.2, 0.25) is 5.02 Å². The molecule has 0 bridgehead atoms. The van der Waals surface area contributed by atoms with Gasteiger partial charge in [0.1, 0.15) is 0 Å². The molecule has 1 N–H and O–H groups in total. The largest absolute Gasteiger partial charge is 0.452 e. The lowest BCUT2D eigenvalue weighted by atomic mass is 9.73. The summed E-state index contributed by atoms with van der Waals surface area (Å²) < 4.78 is 5.14. The lowest BCUT2D eigenvalue weighted by molar-refractivity contribution is -0.122. The van der Waals surface area contributed by atoms with Crippen LogP contribution in [0.1, 0.15) is 46.7 Å². The number of aryl methyl sites for hydroxylation is 1. The van der Waals surface area contributed by atoms with Crippen LogP contribution in [0.3, 0.4) is 0 Å². The number of imide groups is 1. The molecule has 3 aromatic carbocycles. The molecule has 2 aliphatic rings. The fourth-order valence-corrected chi connectivity index (χ4v) is 5.51. The van der Waals surface area contributed by atoms with Crippen molar-refractivity contribution in [2.75, 3.05) is 16.8 Å². The number of benzene rings is 3. The Balaban J connectivity index is 1.20. The number of carbonyl (C=O) groups excluding carboxylic acids is 4. The Kier molecular flexibility index (Phi) is 7.29. The van der Waals surface area contributed by atoms with Gasteiger partial charge in [-0.1, -0.05) is 48.0 Å². The van der Waals surface area contributed by atoms with E-state index in [-0.39, 0.29) is 35.1 Å². The predicted molar refractivity (Wildman–Crippen MR) is 144 cm³/mol. The Morgan fingerprint density at radius 2 is 1.66 bits per heavy atom. The Hall–Kier alpha value is -3.97. The van der Waals surface area contributed by atoms with E-state index in [2.05, 4.69) is 17.4 Å². The third kappa shape index (κ3) is 5.20. The second kappa shape index (κ2) is 10.8. The third-order valence-corrected chi connectivity index (χ3v) is 7.60. The van der Waals surface area contributed by atoms with E-state index in [0.717, 1.165) is 12.0 Å².